The molecule has 0 spiro atoms. The fourth-order valence-corrected chi connectivity index (χ4v) is 1.60. The third kappa shape index (κ3) is 2.92. The van der Waals surface area contributed by atoms with Crippen LogP contribution in [0, 0.1) is 0 Å². The van der Waals surface area contributed by atoms with Crippen LogP contribution >= 0.6 is 11.6 Å². The summed E-state index contributed by atoms with van der Waals surface area (Å²) in [6.45, 7) is 7.72. The van der Waals surface area contributed by atoms with E-state index in [9.17, 15) is 0 Å². The molecule has 0 fully saturated rings. The molecule has 1 aromatic heterocycles. The fraction of sp³-hybridized carbons (Fsp3) is 0.800. The minimum atomic E-state index is -0.0228. The van der Waals surface area contributed by atoms with Gasteiger partial charge >= 0.3 is 0 Å². The summed E-state index contributed by atoms with van der Waals surface area (Å²) in [5.41, 5.74) is -0.0228. The highest BCUT2D eigenvalue weighted by Gasteiger charge is 2.23. The molecular formula is C10H18ClN3O. The predicted molar refractivity (Wildman–Crippen MR) is 60.2 cm³/mol. The van der Waals surface area contributed by atoms with E-state index in [0.29, 0.717) is 12.5 Å². The van der Waals surface area contributed by atoms with Crippen LogP contribution in [-0.4, -0.2) is 28.5 Å². The fourth-order valence-electron chi connectivity index (χ4n) is 1.41. The molecule has 0 unspecified atom stereocenters. The number of nitrogens with zero attached hydrogens (tertiary/aromatic N) is 3. The van der Waals surface area contributed by atoms with Crippen molar-refractivity contribution in [3.05, 3.63) is 11.6 Å². The molecule has 0 aliphatic carbocycles. The van der Waals surface area contributed by atoms with Gasteiger partial charge in [0.2, 0.25) is 0 Å². The molecule has 0 aliphatic rings. The largest absolute Gasteiger partial charge is 0.383 e. The molecular weight excluding hydrogens is 214 g/mol. The maximum atomic E-state index is 5.81. The first-order valence-corrected chi connectivity index (χ1v) is 5.51. The van der Waals surface area contributed by atoms with Crippen LogP contribution in [0.15, 0.2) is 0 Å². The number of hydrogen-bond donors (Lipinski definition) is 0. The van der Waals surface area contributed by atoms with Crippen molar-refractivity contribution in [2.24, 2.45) is 0 Å². The van der Waals surface area contributed by atoms with Crippen molar-refractivity contribution < 1.29 is 4.74 Å². The van der Waals surface area contributed by atoms with Gasteiger partial charge in [0.15, 0.2) is 0 Å². The monoisotopic (exact) mass is 231 g/mol. The summed E-state index contributed by atoms with van der Waals surface area (Å²) in [5, 5.41) is 8.26. The lowest BCUT2D eigenvalue weighted by Crippen LogP contribution is -2.21. The van der Waals surface area contributed by atoms with Crippen LogP contribution in [0.5, 0.6) is 0 Å². The molecule has 0 N–H and O–H groups in total. The molecule has 0 aromatic carbocycles. The Morgan fingerprint density at radius 1 is 1.33 bits per heavy atom. The molecule has 1 heterocycles. The quantitative estimate of drug-likeness (QED) is 0.744. The zero-order chi connectivity index (χ0) is 11.5. The summed E-state index contributed by atoms with van der Waals surface area (Å²) in [4.78, 5) is 0. The number of hydrogen-bond acceptors (Lipinski definition) is 3. The lowest BCUT2D eigenvalue weighted by molar-refractivity contribution is 0.184. The molecule has 4 nitrogen and oxygen atoms in total. The standard InChI is InChI=1S/C10H18ClN3O/c1-10(2,3)9-13-12-8(7-11)14(9)5-6-15-4/h5-7H2,1-4H3. The first-order chi connectivity index (χ1) is 7.00. The molecule has 0 saturated heterocycles. The highest BCUT2D eigenvalue weighted by atomic mass is 35.5. The van der Waals surface area contributed by atoms with Crippen molar-refractivity contribution in [1.29, 1.82) is 0 Å². The van der Waals surface area contributed by atoms with Crippen LogP contribution < -0.4 is 0 Å². The minimum Gasteiger partial charge on any atom is -0.383 e. The molecule has 0 atom stereocenters. The van der Waals surface area contributed by atoms with E-state index in [1.54, 1.807) is 7.11 Å². The summed E-state index contributed by atoms with van der Waals surface area (Å²) in [7, 11) is 1.68. The molecule has 0 aliphatic heterocycles. The van der Waals surface area contributed by atoms with Crippen molar-refractivity contribution in [1.82, 2.24) is 14.8 Å². The van der Waals surface area contributed by atoms with Gasteiger partial charge in [-0.2, -0.15) is 0 Å². The topological polar surface area (TPSA) is 39.9 Å². The Bertz CT molecular complexity index is 317. The normalized spacial score (nSPS) is 12.1. The highest BCUT2D eigenvalue weighted by Crippen LogP contribution is 2.21. The smallest absolute Gasteiger partial charge is 0.148 e. The Labute approximate surface area is 95.6 Å². The molecule has 1 rings (SSSR count). The second kappa shape index (κ2) is 4.94. The first kappa shape index (κ1) is 12.5. The molecule has 0 bridgehead atoms. The van der Waals surface area contributed by atoms with Crippen molar-refractivity contribution in [2.45, 2.75) is 38.6 Å². The first-order valence-electron chi connectivity index (χ1n) is 4.98. The maximum Gasteiger partial charge on any atom is 0.148 e. The van der Waals surface area contributed by atoms with E-state index < -0.39 is 0 Å². The van der Waals surface area contributed by atoms with Crippen molar-refractivity contribution in [2.75, 3.05) is 13.7 Å². The van der Waals surface area contributed by atoms with Crippen LogP contribution in [0.25, 0.3) is 0 Å². The number of ether oxygens (including phenoxy) is 1. The minimum absolute atomic E-state index is 0.0228. The molecule has 0 radical (unpaired) electrons. The van der Waals surface area contributed by atoms with Gasteiger partial charge in [0.05, 0.1) is 12.5 Å². The van der Waals surface area contributed by atoms with Crippen LogP contribution in [-0.2, 0) is 22.6 Å². The molecule has 5 heteroatoms. The van der Waals surface area contributed by atoms with E-state index in [4.69, 9.17) is 16.3 Å². The zero-order valence-electron chi connectivity index (χ0n) is 9.75. The third-order valence-corrected chi connectivity index (χ3v) is 2.38. The van der Waals surface area contributed by atoms with E-state index in [0.717, 1.165) is 18.2 Å². The molecule has 1 aromatic rings. The van der Waals surface area contributed by atoms with E-state index >= 15 is 0 Å². The average molecular weight is 232 g/mol. The molecule has 0 amide bonds. The second-order valence-corrected chi connectivity index (χ2v) is 4.74. The number of aromatic nitrogens is 3. The van der Waals surface area contributed by atoms with Gasteiger partial charge in [0.25, 0.3) is 0 Å². The number of alkyl halides is 1. The predicted octanol–water partition coefficient (Wildman–Crippen LogP) is 1.96. The van der Waals surface area contributed by atoms with Crippen LogP contribution in [0.4, 0.5) is 0 Å². The van der Waals surface area contributed by atoms with Gasteiger partial charge in [-0.3, -0.25) is 0 Å². The van der Waals surface area contributed by atoms with E-state index in [1.165, 1.54) is 0 Å². The molecule has 86 valence electrons. The van der Waals surface area contributed by atoms with E-state index in [-0.39, 0.29) is 5.41 Å². The van der Waals surface area contributed by atoms with Crippen molar-refractivity contribution in [3.8, 4) is 0 Å². The summed E-state index contributed by atoms with van der Waals surface area (Å²) in [6.07, 6.45) is 0. The van der Waals surface area contributed by atoms with E-state index in [2.05, 4.69) is 31.0 Å². The van der Waals surface area contributed by atoms with Gasteiger partial charge in [0.1, 0.15) is 11.6 Å². The molecule has 0 saturated carbocycles. The van der Waals surface area contributed by atoms with Crippen LogP contribution in [0.3, 0.4) is 0 Å². The summed E-state index contributed by atoms with van der Waals surface area (Å²) >= 11 is 5.81. The Morgan fingerprint density at radius 3 is 2.47 bits per heavy atom. The summed E-state index contributed by atoms with van der Waals surface area (Å²) < 4.78 is 7.10. The maximum absolute atomic E-state index is 5.81. The average Bonchev–Trinajstić information content (AvgIpc) is 2.56. The van der Waals surface area contributed by atoms with Crippen LogP contribution in [0.1, 0.15) is 32.4 Å². The Kier molecular flexibility index (Phi) is 4.11. The van der Waals surface area contributed by atoms with Gasteiger partial charge in [-0.05, 0) is 0 Å². The highest BCUT2D eigenvalue weighted by molar-refractivity contribution is 6.16. The van der Waals surface area contributed by atoms with E-state index in [1.807, 2.05) is 4.57 Å². The van der Waals surface area contributed by atoms with Gasteiger partial charge in [-0.1, -0.05) is 20.8 Å². The zero-order valence-corrected chi connectivity index (χ0v) is 10.5. The number of rotatable bonds is 4. The third-order valence-electron chi connectivity index (χ3n) is 2.14. The van der Waals surface area contributed by atoms with Crippen molar-refractivity contribution >= 4 is 11.6 Å². The van der Waals surface area contributed by atoms with Crippen LogP contribution in [0.2, 0.25) is 0 Å². The van der Waals surface area contributed by atoms with Gasteiger partial charge < -0.3 is 9.30 Å². The second-order valence-electron chi connectivity index (χ2n) is 4.47. The Balaban J connectivity index is 3.00. The number of methoxy groups -OCH3 is 1. The summed E-state index contributed by atoms with van der Waals surface area (Å²) in [6, 6.07) is 0. The Hall–Kier alpha value is -0.610. The number of halogens is 1. The summed E-state index contributed by atoms with van der Waals surface area (Å²) in [5.74, 6) is 2.14. The lowest BCUT2D eigenvalue weighted by Gasteiger charge is -2.19. The lowest BCUT2D eigenvalue weighted by atomic mass is 9.95. The Morgan fingerprint density at radius 2 is 2.00 bits per heavy atom. The van der Waals surface area contributed by atoms with Crippen molar-refractivity contribution in [3.63, 3.8) is 0 Å². The molecule has 15 heavy (non-hydrogen) atoms. The van der Waals surface area contributed by atoms with Gasteiger partial charge in [-0.15, -0.1) is 21.8 Å². The van der Waals surface area contributed by atoms with Gasteiger partial charge in [0, 0.05) is 19.1 Å². The SMILES string of the molecule is COCCn1c(CCl)nnc1C(C)(C)C. The van der Waals surface area contributed by atoms with Gasteiger partial charge in [-0.25, -0.2) is 0 Å².